The summed E-state index contributed by atoms with van der Waals surface area (Å²) in [6.45, 7) is 6.64. The third-order valence-electron chi connectivity index (χ3n) is 7.06. The van der Waals surface area contributed by atoms with Crippen molar-refractivity contribution in [2.75, 3.05) is 12.3 Å². The number of aliphatic hydroxyl groups excluding tert-OH is 1. The number of rotatable bonds is 7. The summed E-state index contributed by atoms with van der Waals surface area (Å²) in [5.74, 6) is 0.222. The van der Waals surface area contributed by atoms with E-state index in [-0.39, 0.29) is 17.5 Å². The zero-order chi connectivity index (χ0) is 26.9. The van der Waals surface area contributed by atoms with Crippen LogP contribution in [-0.4, -0.2) is 57.8 Å². The molecule has 0 spiro atoms. The number of aromatic nitrogens is 4. The summed E-state index contributed by atoms with van der Waals surface area (Å²) < 4.78 is 14.9. The zero-order valence-corrected chi connectivity index (χ0v) is 22.4. The lowest BCUT2D eigenvalue weighted by molar-refractivity contribution is -0.0468. The first-order valence-corrected chi connectivity index (χ1v) is 14.2. The first-order chi connectivity index (χ1) is 18.3. The highest BCUT2D eigenvalue weighted by Gasteiger charge is 2.52. The molecule has 2 unspecified atom stereocenters. The molecular weight excluding hydrogens is 500 g/mol. The minimum Gasteiger partial charge on any atom is -0.405 e. The van der Waals surface area contributed by atoms with E-state index in [0.29, 0.717) is 11.2 Å². The summed E-state index contributed by atoms with van der Waals surface area (Å²) in [5.41, 5.74) is 16.1. The summed E-state index contributed by atoms with van der Waals surface area (Å²) in [7, 11) is -2.88. The molecule has 0 aliphatic carbocycles. The van der Waals surface area contributed by atoms with Gasteiger partial charge in [0.2, 0.25) is 0 Å². The van der Waals surface area contributed by atoms with E-state index in [9.17, 15) is 10.6 Å². The molecule has 0 saturated carbocycles. The van der Waals surface area contributed by atoms with Gasteiger partial charge < -0.3 is 20.0 Å². The van der Waals surface area contributed by atoms with Gasteiger partial charge in [0.15, 0.2) is 17.7 Å². The van der Waals surface area contributed by atoms with Crippen molar-refractivity contribution in [2.45, 2.75) is 50.3 Å². The SMILES string of the molecule is CC(C)(C)[Si](OC[C@H]1O[C@@H](n2cnc3c(N)ncnc32)C(O)C1N=[N+]=[N-])(c1ccccc1)c1ccccc1. The number of azide groups is 1. The molecule has 1 aliphatic rings. The third kappa shape index (κ3) is 4.32. The van der Waals surface area contributed by atoms with Crippen LogP contribution in [0.3, 0.4) is 0 Å². The molecule has 1 saturated heterocycles. The van der Waals surface area contributed by atoms with Gasteiger partial charge in [-0.15, -0.1) is 0 Å². The molecule has 5 rings (SSSR count). The molecule has 1 fully saturated rings. The van der Waals surface area contributed by atoms with Gasteiger partial charge in [-0.2, -0.15) is 0 Å². The molecule has 11 nitrogen and oxygen atoms in total. The molecule has 196 valence electrons. The molecule has 1 aliphatic heterocycles. The van der Waals surface area contributed by atoms with Gasteiger partial charge in [0, 0.05) is 4.91 Å². The van der Waals surface area contributed by atoms with Crippen LogP contribution in [0, 0.1) is 0 Å². The van der Waals surface area contributed by atoms with Crippen LogP contribution < -0.4 is 16.1 Å². The molecule has 12 heteroatoms. The molecule has 3 heterocycles. The highest BCUT2D eigenvalue weighted by Crippen LogP contribution is 2.39. The molecule has 0 bridgehead atoms. The Morgan fingerprint density at radius 2 is 1.71 bits per heavy atom. The topological polar surface area (TPSA) is 157 Å². The predicted molar refractivity (Wildman–Crippen MR) is 146 cm³/mol. The second kappa shape index (κ2) is 10.2. The molecule has 2 aromatic carbocycles. The van der Waals surface area contributed by atoms with Crippen LogP contribution in [0.1, 0.15) is 27.0 Å². The lowest BCUT2D eigenvalue weighted by Crippen LogP contribution is -2.67. The average molecular weight is 531 g/mol. The maximum Gasteiger partial charge on any atom is 0.261 e. The molecule has 4 atom stereocenters. The van der Waals surface area contributed by atoms with Gasteiger partial charge in [-0.05, 0) is 20.9 Å². The quantitative estimate of drug-likeness (QED) is 0.161. The first-order valence-electron chi connectivity index (χ1n) is 12.3. The molecule has 0 radical (unpaired) electrons. The summed E-state index contributed by atoms with van der Waals surface area (Å²) in [6.07, 6.45) is 0.0300. The molecule has 2 aromatic heterocycles. The van der Waals surface area contributed by atoms with Crippen molar-refractivity contribution in [3.05, 3.63) is 83.8 Å². The first kappa shape index (κ1) is 25.8. The Balaban J connectivity index is 1.53. The largest absolute Gasteiger partial charge is 0.405 e. The van der Waals surface area contributed by atoms with Gasteiger partial charge >= 0.3 is 0 Å². The minimum absolute atomic E-state index is 0.105. The number of imidazole rings is 1. The Kier molecular flexibility index (Phi) is 6.91. The van der Waals surface area contributed by atoms with Gasteiger partial charge in [-0.3, -0.25) is 4.57 Å². The number of ether oxygens (including phenoxy) is 1. The van der Waals surface area contributed by atoms with Crippen molar-refractivity contribution in [1.29, 1.82) is 0 Å². The van der Waals surface area contributed by atoms with Crippen LogP contribution in [0.4, 0.5) is 5.82 Å². The Bertz CT molecular complexity index is 1410. The van der Waals surface area contributed by atoms with Crippen molar-refractivity contribution >= 4 is 35.7 Å². The predicted octanol–water partition coefficient (Wildman–Crippen LogP) is 2.92. The van der Waals surface area contributed by atoms with E-state index in [1.54, 1.807) is 4.57 Å². The molecular formula is C26H30N8O3Si. The van der Waals surface area contributed by atoms with Gasteiger partial charge in [-0.1, -0.05) is 86.5 Å². The van der Waals surface area contributed by atoms with Crippen molar-refractivity contribution in [2.24, 2.45) is 5.11 Å². The van der Waals surface area contributed by atoms with Crippen LogP contribution >= 0.6 is 0 Å². The Labute approximate surface area is 221 Å². The van der Waals surface area contributed by atoms with E-state index in [4.69, 9.17) is 14.9 Å². The van der Waals surface area contributed by atoms with Crippen LogP contribution in [0.25, 0.3) is 21.6 Å². The number of hydrogen-bond donors (Lipinski definition) is 2. The van der Waals surface area contributed by atoms with Gasteiger partial charge in [0.1, 0.15) is 17.9 Å². The highest BCUT2D eigenvalue weighted by atomic mass is 28.4. The summed E-state index contributed by atoms with van der Waals surface area (Å²) >= 11 is 0. The molecule has 0 amide bonds. The molecule has 38 heavy (non-hydrogen) atoms. The van der Waals surface area contributed by atoms with Crippen LogP contribution in [0.5, 0.6) is 0 Å². The molecule has 4 aromatic rings. The number of benzene rings is 2. The Morgan fingerprint density at radius 3 is 2.29 bits per heavy atom. The van der Waals surface area contributed by atoms with E-state index in [0.717, 1.165) is 10.4 Å². The smallest absolute Gasteiger partial charge is 0.261 e. The van der Waals surface area contributed by atoms with Crippen molar-refractivity contribution in [3.63, 3.8) is 0 Å². The fourth-order valence-electron chi connectivity index (χ4n) is 5.32. The number of nitrogens with two attached hydrogens (primary N) is 1. The van der Waals surface area contributed by atoms with Gasteiger partial charge in [-0.25, -0.2) is 15.0 Å². The van der Waals surface area contributed by atoms with Crippen molar-refractivity contribution in [3.8, 4) is 0 Å². The maximum absolute atomic E-state index is 11.2. The monoisotopic (exact) mass is 530 g/mol. The normalized spacial score (nSPS) is 21.9. The lowest BCUT2D eigenvalue weighted by Gasteiger charge is -2.43. The zero-order valence-electron chi connectivity index (χ0n) is 21.4. The second-order valence-corrected chi connectivity index (χ2v) is 14.6. The summed E-state index contributed by atoms with van der Waals surface area (Å²) in [4.78, 5) is 15.5. The Morgan fingerprint density at radius 1 is 1.08 bits per heavy atom. The maximum atomic E-state index is 11.2. The van der Waals surface area contributed by atoms with E-state index in [2.05, 4.69) is 70.0 Å². The summed E-state index contributed by atoms with van der Waals surface area (Å²) in [6, 6.07) is 19.6. The summed E-state index contributed by atoms with van der Waals surface area (Å²) in [5, 5.41) is 17.1. The van der Waals surface area contributed by atoms with Gasteiger partial charge in [0.25, 0.3) is 8.32 Å². The van der Waals surface area contributed by atoms with Gasteiger partial charge in [0.05, 0.1) is 25.1 Å². The lowest BCUT2D eigenvalue weighted by atomic mass is 10.1. The molecule has 3 N–H and O–H groups in total. The van der Waals surface area contributed by atoms with Crippen LogP contribution in [0.2, 0.25) is 5.04 Å². The van der Waals surface area contributed by atoms with Crippen LogP contribution in [-0.2, 0) is 9.16 Å². The average Bonchev–Trinajstić information content (AvgIpc) is 3.47. The second-order valence-electron chi connectivity index (χ2n) is 10.3. The standard InChI is InChI=1S/C26H30N8O3Si/c1-26(2,3)38(17-10-6-4-7-11-17,18-12-8-5-9-13-18)36-14-19-20(32-33-28)22(35)25(37-19)34-16-31-21-23(27)29-15-30-24(21)34/h4-13,15-16,19-20,22,25,35H,14H2,1-3H3,(H2,27,29,30)/t19-,20?,22?,25-/m1/s1. The van der Waals surface area contributed by atoms with Crippen molar-refractivity contribution in [1.82, 2.24) is 19.5 Å². The Hall–Kier alpha value is -3.80. The van der Waals surface area contributed by atoms with E-state index < -0.39 is 32.8 Å². The number of nitrogens with zero attached hydrogens (tertiary/aromatic N) is 7. The van der Waals surface area contributed by atoms with E-state index in [1.807, 2.05) is 36.4 Å². The minimum atomic E-state index is -2.88. The van der Waals surface area contributed by atoms with Crippen molar-refractivity contribution < 1.29 is 14.3 Å². The fourth-order valence-corrected chi connectivity index (χ4v) is 9.89. The third-order valence-corrected chi connectivity index (χ3v) is 12.1. The number of hydrogen-bond acceptors (Lipinski definition) is 8. The number of anilines is 1. The van der Waals surface area contributed by atoms with Crippen LogP contribution in [0.15, 0.2) is 78.4 Å². The van der Waals surface area contributed by atoms with E-state index in [1.165, 1.54) is 12.7 Å². The van der Waals surface area contributed by atoms with E-state index >= 15 is 0 Å². The highest BCUT2D eigenvalue weighted by molar-refractivity contribution is 6.99. The fraction of sp³-hybridized carbons (Fsp3) is 0.346. The number of nitrogen functional groups attached to an aromatic ring is 1. The number of fused-ring (bicyclic) bond motifs is 1. The number of aliphatic hydroxyl groups is 1.